The van der Waals surface area contributed by atoms with E-state index in [4.69, 9.17) is 10.5 Å². The summed E-state index contributed by atoms with van der Waals surface area (Å²) in [5.74, 6) is 0.689. The molecular formula is C12H24ClNO2. The largest absolute Gasteiger partial charge is 0.460 e. The molecule has 4 heteroatoms. The lowest BCUT2D eigenvalue weighted by Gasteiger charge is -2.29. The van der Waals surface area contributed by atoms with Gasteiger partial charge in [0.05, 0.1) is 5.92 Å². The van der Waals surface area contributed by atoms with Gasteiger partial charge in [-0.25, -0.2) is 0 Å². The molecule has 0 aromatic carbocycles. The van der Waals surface area contributed by atoms with Gasteiger partial charge in [0.25, 0.3) is 0 Å². The van der Waals surface area contributed by atoms with Gasteiger partial charge >= 0.3 is 5.97 Å². The van der Waals surface area contributed by atoms with Crippen LogP contribution in [0.3, 0.4) is 0 Å². The summed E-state index contributed by atoms with van der Waals surface area (Å²) in [6.45, 7) is 6.49. The van der Waals surface area contributed by atoms with Crippen molar-refractivity contribution >= 4 is 18.4 Å². The monoisotopic (exact) mass is 249 g/mol. The lowest BCUT2D eigenvalue weighted by Crippen LogP contribution is -2.32. The van der Waals surface area contributed by atoms with Crippen LogP contribution >= 0.6 is 12.4 Å². The molecule has 1 aliphatic carbocycles. The van der Waals surface area contributed by atoms with E-state index in [1.807, 2.05) is 20.8 Å². The van der Waals surface area contributed by atoms with E-state index in [0.29, 0.717) is 5.92 Å². The molecule has 0 saturated heterocycles. The maximum atomic E-state index is 11.8. The molecule has 0 spiro atoms. The van der Waals surface area contributed by atoms with Crippen molar-refractivity contribution in [1.82, 2.24) is 0 Å². The summed E-state index contributed by atoms with van der Waals surface area (Å²) < 4.78 is 5.38. The lowest BCUT2D eigenvalue weighted by atomic mass is 9.82. The molecule has 1 saturated carbocycles. The van der Waals surface area contributed by atoms with Gasteiger partial charge in [0.2, 0.25) is 0 Å². The zero-order chi connectivity index (χ0) is 11.5. The first-order valence-electron chi connectivity index (χ1n) is 5.85. The molecule has 2 N–H and O–H groups in total. The molecule has 0 unspecified atom stereocenters. The van der Waals surface area contributed by atoms with Crippen LogP contribution in [0.25, 0.3) is 0 Å². The Morgan fingerprint density at radius 1 is 1.25 bits per heavy atom. The first kappa shape index (κ1) is 15.7. The molecule has 0 bridgehead atoms. The number of esters is 1. The van der Waals surface area contributed by atoms with Crippen molar-refractivity contribution in [3.05, 3.63) is 0 Å². The Hall–Kier alpha value is -0.280. The Morgan fingerprint density at radius 2 is 1.75 bits per heavy atom. The van der Waals surface area contributed by atoms with Crippen molar-refractivity contribution in [1.29, 1.82) is 0 Å². The predicted molar refractivity (Wildman–Crippen MR) is 67.6 cm³/mol. The van der Waals surface area contributed by atoms with Gasteiger partial charge < -0.3 is 10.5 Å². The quantitative estimate of drug-likeness (QED) is 0.765. The van der Waals surface area contributed by atoms with Gasteiger partial charge in [-0.15, -0.1) is 12.4 Å². The fraction of sp³-hybridized carbons (Fsp3) is 0.917. The summed E-state index contributed by atoms with van der Waals surface area (Å²) in [5, 5.41) is 0. The number of carbonyl (C=O) groups is 1. The summed E-state index contributed by atoms with van der Waals surface area (Å²) in [6, 6.07) is 0. The van der Waals surface area contributed by atoms with Gasteiger partial charge in [-0.2, -0.15) is 0 Å². The van der Waals surface area contributed by atoms with E-state index < -0.39 is 0 Å². The molecule has 3 nitrogen and oxygen atoms in total. The number of hydrogen-bond acceptors (Lipinski definition) is 3. The minimum Gasteiger partial charge on any atom is -0.460 e. The summed E-state index contributed by atoms with van der Waals surface area (Å²) >= 11 is 0. The van der Waals surface area contributed by atoms with Crippen LogP contribution in [0, 0.1) is 11.8 Å². The Balaban J connectivity index is 0.00000225. The van der Waals surface area contributed by atoms with Crippen LogP contribution in [-0.4, -0.2) is 18.1 Å². The molecule has 96 valence electrons. The van der Waals surface area contributed by atoms with Gasteiger partial charge in [-0.05, 0) is 58.9 Å². The maximum absolute atomic E-state index is 11.8. The second-order valence-electron chi connectivity index (χ2n) is 5.49. The van der Waals surface area contributed by atoms with Gasteiger partial charge in [-0.1, -0.05) is 0 Å². The fourth-order valence-corrected chi connectivity index (χ4v) is 2.02. The standard InChI is InChI=1S/C12H23NO2.ClH/c1-12(2,3)15-11(14)10-6-4-9(8-13)5-7-10;/h9-10H,4-8,13H2,1-3H3;1H. The number of ether oxygens (including phenoxy) is 1. The highest BCUT2D eigenvalue weighted by molar-refractivity contribution is 5.85. The highest BCUT2D eigenvalue weighted by atomic mass is 35.5. The first-order valence-corrected chi connectivity index (χ1v) is 5.85. The van der Waals surface area contributed by atoms with Crippen LogP contribution in [0.1, 0.15) is 46.5 Å². The number of rotatable bonds is 2. The highest BCUT2D eigenvalue weighted by Gasteiger charge is 2.29. The molecule has 1 aliphatic rings. The average molecular weight is 250 g/mol. The van der Waals surface area contributed by atoms with Crippen molar-refractivity contribution in [2.75, 3.05) is 6.54 Å². The molecule has 0 aromatic rings. The normalized spacial score (nSPS) is 25.8. The molecule has 0 amide bonds. The third-order valence-electron chi connectivity index (χ3n) is 2.92. The highest BCUT2D eigenvalue weighted by Crippen LogP contribution is 2.29. The first-order chi connectivity index (χ1) is 6.92. The Bertz CT molecular complexity index is 218. The number of nitrogens with two attached hydrogens (primary N) is 1. The third-order valence-corrected chi connectivity index (χ3v) is 2.92. The molecule has 0 aliphatic heterocycles. The van der Waals surface area contributed by atoms with Crippen molar-refractivity contribution in [2.45, 2.75) is 52.1 Å². The second-order valence-corrected chi connectivity index (χ2v) is 5.49. The lowest BCUT2D eigenvalue weighted by molar-refractivity contribution is -0.161. The zero-order valence-electron chi connectivity index (χ0n) is 10.5. The van der Waals surface area contributed by atoms with E-state index in [2.05, 4.69) is 0 Å². The van der Waals surface area contributed by atoms with Crippen LogP contribution in [0.2, 0.25) is 0 Å². The van der Waals surface area contributed by atoms with Gasteiger partial charge in [0.1, 0.15) is 5.60 Å². The van der Waals surface area contributed by atoms with Crippen molar-refractivity contribution in [3.8, 4) is 0 Å². The van der Waals surface area contributed by atoms with Gasteiger partial charge in [0, 0.05) is 0 Å². The zero-order valence-corrected chi connectivity index (χ0v) is 11.3. The van der Waals surface area contributed by atoms with E-state index in [0.717, 1.165) is 32.2 Å². The fourth-order valence-electron chi connectivity index (χ4n) is 2.02. The van der Waals surface area contributed by atoms with E-state index in [1.54, 1.807) is 0 Å². The van der Waals surface area contributed by atoms with Crippen LogP contribution in [-0.2, 0) is 9.53 Å². The summed E-state index contributed by atoms with van der Waals surface area (Å²) in [5.41, 5.74) is 5.25. The third kappa shape index (κ3) is 5.17. The molecule has 0 radical (unpaired) electrons. The molecule has 1 rings (SSSR count). The Morgan fingerprint density at radius 3 is 2.12 bits per heavy atom. The summed E-state index contributed by atoms with van der Waals surface area (Å²) in [4.78, 5) is 11.8. The van der Waals surface area contributed by atoms with Crippen molar-refractivity contribution < 1.29 is 9.53 Å². The topological polar surface area (TPSA) is 52.3 Å². The molecule has 1 fully saturated rings. The van der Waals surface area contributed by atoms with E-state index >= 15 is 0 Å². The number of halogens is 1. The molecule has 0 aromatic heterocycles. The maximum Gasteiger partial charge on any atom is 0.309 e. The molecule has 0 heterocycles. The smallest absolute Gasteiger partial charge is 0.309 e. The molecule has 0 atom stereocenters. The minimum atomic E-state index is -0.359. The van der Waals surface area contributed by atoms with Crippen LogP contribution < -0.4 is 5.73 Å². The van der Waals surface area contributed by atoms with Gasteiger partial charge in [0.15, 0.2) is 0 Å². The average Bonchev–Trinajstić information content (AvgIpc) is 2.15. The SMILES string of the molecule is CC(C)(C)OC(=O)C1CCC(CN)CC1.Cl. The second kappa shape index (κ2) is 6.45. The molecular weight excluding hydrogens is 226 g/mol. The Labute approximate surface area is 105 Å². The van der Waals surface area contributed by atoms with E-state index in [1.165, 1.54) is 0 Å². The summed E-state index contributed by atoms with van der Waals surface area (Å²) in [6.07, 6.45) is 4.02. The minimum absolute atomic E-state index is 0. The van der Waals surface area contributed by atoms with E-state index in [-0.39, 0.29) is 29.9 Å². The van der Waals surface area contributed by atoms with Crippen molar-refractivity contribution in [2.24, 2.45) is 17.6 Å². The van der Waals surface area contributed by atoms with Gasteiger partial charge in [-0.3, -0.25) is 4.79 Å². The number of carbonyl (C=O) groups excluding carboxylic acids is 1. The van der Waals surface area contributed by atoms with Crippen LogP contribution in [0.4, 0.5) is 0 Å². The predicted octanol–water partition coefficient (Wildman–Crippen LogP) is 2.52. The van der Waals surface area contributed by atoms with Crippen LogP contribution in [0.15, 0.2) is 0 Å². The van der Waals surface area contributed by atoms with E-state index in [9.17, 15) is 4.79 Å². The van der Waals surface area contributed by atoms with Crippen LogP contribution in [0.5, 0.6) is 0 Å². The summed E-state index contributed by atoms with van der Waals surface area (Å²) in [7, 11) is 0. The van der Waals surface area contributed by atoms with Crippen molar-refractivity contribution in [3.63, 3.8) is 0 Å². The molecule has 16 heavy (non-hydrogen) atoms. The Kier molecular flexibility index (Phi) is 6.34. The number of hydrogen-bond donors (Lipinski definition) is 1.